The van der Waals surface area contributed by atoms with Gasteiger partial charge in [0.1, 0.15) is 35.2 Å². The number of nitrogens with one attached hydrogen (secondary N) is 6. The standard InChI is InChI=1S/C76H107N23O22P4/c1-14-53-35-91(39-63(117-53)95-27-25-59(83-73(95)105)81-71(103)51-21-17-15-18-22-51)122(109,87(6)7)114-44-55-36-92(40-64(119-55)96-28-26-60(84-74(96)106)82-72(104)52-23-19-16-20-24-52)124(111,89(10)11)116-46-57-38-94(42-66(121-57)99-47-79-67-58(100)29-61(80-68(67)99)78-30-48(2)3)125(112,90(12)13)115-45-56-37-93(41-65(120-56)98-34-50(5)70(102)86-76(98)108)123(110,88(8)9)113-43-54-31-77-32-62(118-54)97-33-49(4)69(101)85-75(97)107/h15-28,33-34,47-48,53-57,62-66,77H,14,29-32,35-46H2,1-13H3,(H,78,80)(H,85,101,107)(H,86,102,108)(H,81,83,103,105)(H,82,84,104,106)/t53-,54+,55+,56+,57+,62-,63-,64-,65-,66-,122+,123+,124+,125+/m1/s1. The first kappa shape index (κ1) is 93.7. The Bertz CT molecular complexity index is 5690. The summed E-state index contributed by atoms with van der Waals surface area (Å²) in [6.45, 7) is 5.81. The van der Waals surface area contributed by atoms with Crippen LogP contribution in [0.4, 0.5) is 17.5 Å². The first-order valence-electron chi connectivity index (χ1n) is 40.6. The first-order chi connectivity index (χ1) is 59.4. The van der Waals surface area contributed by atoms with E-state index in [1.165, 1.54) is 134 Å². The molecular weight excluding hydrogens is 1710 g/mol. The monoisotopic (exact) mass is 1820 g/mol. The molecule has 6 aliphatic heterocycles. The van der Waals surface area contributed by atoms with Gasteiger partial charge in [0.15, 0.2) is 30.7 Å². The molecule has 0 unspecified atom stereocenters. The van der Waals surface area contributed by atoms with Gasteiger partial charge in [-0.3, -0.25) is 80.0 Å². The number of aliphatic imine (C=N–C) groups is 1. The molecule has 5 aromatic heterocycles. The average Bonchev–Trinajstić information content (AvgIpc) is 1.61. The number of aromatic amines is 2. The van der Waals surface area contributed by atoms with Gasteiger partial charge in [-0.15, -0.1) is 0 Å². The van der Waals surface area contributed by atoms with E-state index in [1.54, 1.807) is 90.9 Å². The van der Waals surface area contributed by atoms with Gasteiger partial charge in [0.25, 0.3) is 22.9 Å². The zero-order chi connectivity index (χ0) is 89.7. The molecule has 6 N–H and O–H groups in total. The summed E-state index contributed by atoms with van der Waals surface area (Å²) >= 11 is 0. The molecule has 125 heavy (non-hydrogen) atoms. The van der Waals surface area contributed by atoms with Crippen molar-refractivity contribution < 1.29 is 74.4 Å². The van der Waals surface area contributed by atoms with Crippen LogP contribution in [0.1, 0.15) is 107 Å². The van der Waals surface area contributed by atoms with E-state index in [4.69, 9.17) is 46.8 Å². The van der Waals surface area contributed by atoms with Crippen molar-refractivity contribution in [3.8, 4) is 0 Å². The Labute approximate surface area is 718 Å². The summed E-state index contributed by atoms with van der Waals surface area (Å²) < 4.78 is 142. The number of hydrogen-bond acceptors (Lipinski definition) is 27. The molecule has 49 heteroatoms. The molecule has 2 amide bonds. The van der Waals surface area contributed by atoms with E-state index in [1.807, 2.05) is 20.8 Å². The van der Waals surface area contributed by atoms with E-state index in [0.29, 0.717) is 24.4 Å². The van der Waals surface area contributed by atoms with Crippen LogP contribution >= 0.6 is 30.7 Å². The van der Waals surface area contributed by atoms with Gasteiger partial charge in [0, 0.05) is 92.9 Å². The fourth-order valence-electron chi connectivity index (χ4n) is 14.9. The van der Waals surface area contributed by atoms with Crippen LogP contribution in [0.25, 0.3) is 0 Å². The number of aromatic nitrogens is 10. The highest BCUT2D eigenvalue weighted by Gasteiger charge is 2.51. The van der Waals surface area contributed by atoms with Crippen LogP contribution < -0.4 is 55.1 Å². The number of imidazole rings is 1. The number of H-pyrrole nitrogens is 2. The lowest BCUT2D eigenvalue weighted by molar-refractivity contribution is -0.131. The molecule has 14 atom stereocenters. The molecule has 6 aliphatic rings. The number of rotatable bonds is 32. The number of benzene rings is 2. The lowest BCUT2D eigenvalue weighted by Gasteiger charge is -2.46. The minimum absolute atomic E-state index is 0.0156. The summed E-state index contributed by atoms with van der Waals surface area (Å²) in [7, 11) is -5.27. The molecule has 5 fully saturated rings. The van der Waals surface area contributed by atoms with E-state index in [9.17, 15) is 43.2 Å². The van der Waals surface area contributed by atoms with E-state index >= 15 is 18.3 Å². The summed E-state index contributed by atoms with van der Waals surface area (Å²) in [6, 6.07) is 19.5. The summed E-state index contributed by atoms with van der Waals surface area (Å²) in [5.74, 6) is -0.830. The second kappa shape index (κ2) is 39.7. The summed E-state index contributed by atoms with van der Waals surface area (Å²) in [5, 5.41) is 11.8. The molecule has 0 saturated carbocycles. The third kappa shape index (κ3) is 21.2. The fourth-order valence-corrected chi connectivity index (χ4v) is 22.9. The van der Waals surface area contributed by atoms with Gasteiger partial charge in [0.2, 0.25) is 0 Å². The minimum atomic E-state index is -4.51. The van der Waals surface area contributed by atoms with Crippen molar-refractivity contribution in [2.24, 2.45) is 10.9 Å². The molecule has 0 radical (unpaired) electrons. The number of fused-ring (bicyclic) bond motifs is 1. The maximum absolute atomic E-state index is 16.6. The Morgan fingerprint density at radius 3 is 1.28 bits per heavy atom. The summed E-state index contributed by atoms with van der Waals surface area (Å²) in [5.41, 5.74) is -3.39. The van der Waals surface area contributed by atoms with Gasteiger partial charge in [0.05, 0.1) is 95.9 Å². The topological polar surface area (TPSA) is 486 Å². The third-order valence-corrected chi connectivity index (χ3v) is 31.7. The number of aryl methyl sites for hydroxylation is 2. The van der Waals surface area contributed by atoms with Gasteiger partial charge < -0.3 is 63.0 Å². The molecule has 7 aromatic rings. The van der Waals surface area contributed by atoms with Crippen LogP contribution in [0.5, 0.6) is 0 Å². The average molecular weight is 1820 g/mol. The smallest absolute Gasteiger partial charge is 0.351 e. The van der Waals surface area contributed by atoms with Crippen LogP contribution in [-0.2, 0) is 60.0 Å². The van der Waals surface area contributed by atoms with Gasteiger partial charge in [-0.2, -0.15) is 9.97 Å². The number of ether oxygens (including phenoxy) is 5. The Morgan fingerprint density at radius 2 is 0.880 bits per heavy atom. The Hall–Kier alpha value is -8.95. The molecular formula is C76H107N23O22P4. The number of Topliss-reactive ketones (excluding diaryl/α,β-unsaturated/α-hetero) is 1. The normalized spacial score (nSPS) is 24.9. The maximum Gasteiger partial charge on any atom is 0.351 e. The van der Waals surface area contributed by atoms with Crippen molar-refractivity contribution in [1.82, 2.24) is 90.4 Å². The van der Waals surface area contributed by atoms with Crippen LogP contribution in [0.2, 0.25) is 0 Å². The molecule has 5 saturated heterocycles. The molecule has 678 valence electrons. The molecule has 2 aromatic carbocycles. The van der Waals surface area contributed by atoms with Crippen molar-refractivity contribution in [3.05, 3.63) is 195 Å². The van der Waals surface area contributed by atoms with E-state index < -0.39 is 158 Å². The minimum Gasteiger partial charge on any atom is -0.352 e. The molecule has 0 aliphatic carbocycles. The number of amides is 2. The van der Waals surface area contributed by atoms with Crippen molar-refractivity contribution in [3.63, 3.8) is 0 Å². The lowest BCUT2D eigenvalue weighted by atomic mass is 10.1. The fraction of sp³-hybridized carbons (Fsp3) is 0.539. The van der Waals surface area contributed by atoms with Crippen LogP contribution in [0, 0.1) is 19.8 Å². The number of carbonyl (C=O) groups is 3. The lowest BCUT2D eigenvalue weighted by Crippen LogP contribution is -2.51. The van der Waals surface area contributed by atoms with E-state index in [0.717, 1.165) is 9.13 Å². The van der Waals surface area contributed by atoms with E-state index in [-0.39, 0.29) is 130 Å². The third-order valence-electron chi connectivity index (χ3n) is 21.5. The molecule has 13 rings (SSSR count). The van der Waals surface area contributed by atoms with Crippen molar-refractivity contribution in [1.29, 1.82) is 0 Å². The molecule has 0 bridgehead atoms. The zero-order valence-electron chi connectivity index (χ0n) is 71.6. The van der Waals surface area contributed by atoms with Crippen molar-refractivity contribution in [2.45, 2.75) is 109 Å². The van der Waals surface area contributed by atoms with Crippen molar-refractivity contribution in [2.75, 3.05) is 171 Å². The highest BCUT2D eigenvalue weighted by molar-refractivity contribution is 7.54. The van der Waals surface area contributed by atoms with E-state index in [2.05, 4.69) is 46.2 Å². The van der Waals surface area contributed by atoms with Gasteiger partial charge in [-0.05, 0) is 119 Å². The van der Waals surface area contributed by atoms with Crippen LogP contribution in [-0.4, -0.2) is 294 Å². The van der Waals surface area contributed by atoms with Gasteiger partial charge >= 0.3 is 53.4 Å². The molecule has 11 heterocycles. The maximum atomic E-state index is 16.6. The summed E-state index contributed by atoms with van der Waals surface area (Å²) in [4.78, 5) is 143. The summed E-state index contributed by atoms with van der Waals surface area (Å²) in [6.07, 6.45) is -3.82. The van der Waals surface area contributed by atoms with Gasteiger partial charge in [-0.1, -0.05) is 57.2 Å². The highest BCUT2D eigenvalue weighted by Crippen LogP contribution is 2.60. The largest absolute Gasteiger partial charge is 0.352 e. The second-order valence-electron chi connectivity index (χ2n) is 32.0. The number of nitrogens with zero attached hydrogens (tertiary/aromatic N) is 17. The second-order valence-corrected chi connectivity index (χ2v) is 42.4. The number of hydrogen-bond donors (Lipinski definition) is 6. The quantitative estimate of drug-likeness (QED) is 0.0323. The number of ketones is 1. The number of carbonyl (C=O) groups excluding carboxylic acids is 3. The SMILES string of the molecule is CC[C@@H]1CN([P@@](=O)(OC[C@@H]2CN([P@@](=O)(OC[C@@H]3CN([P@@](=O)(OC[C@@H]4CN([P@@](=O)(OC[C@@H]5CNC[C@H](n6cc(C)c(=O)[nH]c6=O)O5)N(C)C)C[C@H](n5cc(C)c(=O)[nH]c5=O)O4)N(C)C)C[C@H](n4cnc5c4NC(=NCC(C)C)CC5=O)O3)N(C)C)C[C@H](n3ccc(NC(=O)c4ccccc4)nc3=O)O2)N(C)C)C[C@H](n2ccc(NC(=O)c3ccccc3)nc2=O)O1. The Morgan fingerprint density at radius 1 is 0.504 bits per heavy atom. The predicted molar refractivity (Wildman–Crippen MR) is 458 cm³/mol. The first-order valence-corrected chi connectivity index (χ1v) is 46.7. The van der Waals surface area contributed by atoms with Crippen LogP contribution in [0.3, 0.4) is 0 Å². The Kier molecular flexibility index (Phi) is 29.8. The number of amidine groups is 1. The Balaban J connectivity index is 0.795. The molecule has 45 nitrogen and oxygen atoms in total. The number of morpholine rings is 5. The van der Waals surface area contributed by atoms with Gasteiger partial charge in [-0.25, -0.2) is 61.5 Å². The zero-order valence-corrected chi connectivity index (χ0v) is 75.1. The predicted octanol–water partition coefficient (Wildman–Crippen LogP) is 4.11. The van der Waals surface area contributed by atoms with Crippen molar-refractivity contribution >= 4 is 71.6 Å². The highest BCUT2D eigenvalue weighted by atomic mass is 31.2. The number of anilines is 3. The van der Waals surface area contributed by atoms with Crippen LogP contribution in [0.15, 0.2) is 138 Å². The molecule has 0 spiro atoms.